The van der Waals surface area contributed by atoms with Crippen LogP contribution in [0.4, 0.5) is 14.6 Å². The van der Waals surface area contributed by atoms with Crippen LogP contribution in [-0.2, 0) is 4.79 Å². The van der Waals surface area contributed by atoms with E-state index in [-0.39, 0.29) is 52.5 Å². The normalized spacial score (nSPS) is 26.1. The fourth-order valence-corrected chi connectivity index (χ4v) is 8.65. The first-order valence-corrected chi connectivity index (χ1v) is 16.9. The van der Waals surface area contributed by atoms with E-state index in [9.17, 15) is 14.0 Å². The van der Waals surface area contributed by atoms with Crippen LogP contribution in [0.25, 0.3) is 22.0 Å². The van der Waals surface area contributed by atoms with Gasteiger partial charge in [-0.25, -0.2) is 13.6 Å². The highest BCUT2D eigenvalue weighted by Gasteiger charge is 2.39. The van der Waals surface area contributed by atoms with Crippen molar-refractivity contribution in [2.24, 2.45) is 0 Å². The molecule has 2 aromatic carbocycles. The Hall–Kier alpha value is -3.54. The fourth-order valence-electron chi connectivity index (χ4n) is 8.36. The van der Waals surface area contributed by atoms with Crippen LogP contribution < -0.4 is 15.3 Å². The van der Waals surface area contributed by atoms with Gasteiger partial charge in [-0.2, -0.15) is 4.98 Å². The summed E-state index contributed by atoms with van der Waals surface area (Å²) in [4.78, 5) is 40.2. The number of likely N-dealkylation sites (N-methyl/N-ethyl adjacent to an activating group) is 1. The molecular weight excluding hydrogens is 626 g/mol. The molecule has 5 atom stereocenters. The number of halogens is 3. The molecule has 9 nitrogen and oxygen atoms in total. The van der Waals surface area contributed by atoms with Crippen molar-refractivity contribution >= 4 is 34.2 Å². The maximum absolute atomic E-state index is 15.2. The lowest BCUT2D eigenvalue weighted by Gasteiger charge is -2.45. The third kappa shape index (κ3) is 5.59. The molecule has 3 saturated heterocycles. The summed E-state index contributed by atoms with van der Waals surface area (Å²) in [6, 6.07) is 5.57. The summed E-state index contributed by atoms with van der Waals surface area (Å²) in [7, 11) is 2.19. The largest absolute Gasteiger partial charge is 0.488 e. The highest BCUT2D eigenvalue weighted by molar-refractivity contribution is 6.35. The Morgan fingerprint density at radius 2 is 1.85 bits per heavy atom. The molecule has 1 aromatic heterocycles. The molecule has 5 heterocycles. The van der Waals surface area contributed by atoms with Crippen LogP contribution in [0.2, 0.25) is 5.02 Å². The monoisotopic (exact) mass is 666 g/mol. The number of hydrogen-bond acceptors (Lipinski definition) is 7. The Morgan fingerprint density at radius 3 is 2.55 bits per heavy atom. The number of likely N-dealkylation sites (tertiary alicyclic amines) is 1. The second-order valence-corrected chi connectivity index (χ2v) is 14.1. The minimum absolute atomic E-state index is 0.0909. The van der Waals surface area contributed by atoms with Crippen LogP contribution in [0.15, 0.2) is 41.7 Å². The van der Waals surface area contributed by atoms with Gasteiger partial charge in [-0.3, -0.25) is 14.3 Å². The van der Waals surface area contributed by atoms with Crippen molar-refractivity contribution in [2.45, 2.75) is 69.7 Å². The Balaban J connectivity index is 1.30. The molecule has 12 heteroatoms. The Bertz CT molecular complexity index is 1790. The number of piperazine rings is 2. The molecule has 7 rings (SSSR count). The molecule has 0 spiro atoms. The summed E-state index contributed by atoms with van der Waals surface area (Å²) in [5, 5.41) is 0.816. The number of carbonyl (C=O) groups excluding carboxylic acids is 1. The van der Waals surface area contributed by atoms with E-state index >= 15 is 4.39 Å². The van der Waals surface area contributed by atoms with E-state index in [1.807, 2.05) is 18.7 Å². The summed E-state index contributed by atoms with van der Waals surface area (Å²) in [6.45, 7) is 11.7. The van der Waals surface area contributed by atoms with E-state index in [1.54, 1.807) is 15.5 Å². The molecule has 4 aliphatic rings. The Labute approximate surface area is 278 Å². The minimum Gasteiger partial charge on any atom is -0.488 e. The summed E-state index contributed by atoms with van der Waals surface area (Å²) in [5.74, 6) is -0.897. The second kappa shape index (κ2) is 12.5. The number of fused-ring (bicyclic) bond motifs is 2. The zero-order valence-electron chi connectivity index (χ0n) is 27.1. The van der Waals surface area contributed by atoms with Gasteiger partial charge in [-0.15, -0.1) is 0 Å². The molecule has 47 heavy (non-hydrogen) atoms. The number of benzene rings is 2. The van der Waals surface area contributed by atoms with Crippen LogP contribution in [0.5, 0.6) is 5.75 Å². The number of nitrogens with zero attached hydrogens (tertiary/aromatic N) is 6. The fraction of sp³-hybridized carbons (Fsp3) is 0.514. The Kier molecular flexibility index (Phi) is 8.51. The van der Waals surface area contributed by atoms with Gasteiger partial charge in [0, 0.05) is 72.9 Å². The van der Waals surface area contributed by atoms with E-state index in [0.29, 0.717) is 48.3 Å². The number of amides is 1. The quantitative estimate of drug-likeness (QED) is 0.325. The first-order valence-electron chi connectivity index (χ1n) is 16.6. The van der Waals surface area contributed by atoms with Gasteiger partial charge in [-0.05, 0) is 77.4 Å². The lowest BCUT2D eigenvalue weighted by Crippen LogP contribution is -2.58. The summed E-state index contributed by atoms with van der Waals surface area (Å²) >= 11 is 6.91. The van der Waals surface area contributed by atoms with E-state index in [2.05, 4.69) is 28.4 Å². The van der Waals surface area contributed by atoms with E-state index in [1.165, 1.54) is 31.1 Å². The number of ether oxygens (including phenoxy) is 1. The molecule has 250 valence electrons. The summed E-state index contributed by atoms with van der Waals surface area (Å²) in [5.41, 5.74) is 0.452. The third-order valence-electron chi connectivity index (χ3n) is 10.6. The van der Waals surface area contributed by atoms with Crippen LogP contribution in [0, 0.1) is 11.6 Å². The molecular formula is C35H41ClF2N6O3. The van der Waals surface area contributed by atoms with Crippen LogP contribution in [0.1, 0.15) is 45.6 Å². The molecule has 0 radical (unpaired) electrons. The predicted molar refractivity (Wildman–Crippen MR) is 179 cm³/mol. The van der Waals surface area contributed by atoms with Gasteiger partial charge in [0.1, 0.15) is 24.1 Å². The van der Waals surface area contributed by atoms with E-state index in [0.717, 1.165) is 32.1 Å². The molecule has 1 amide bonds. The third-order valence-corrected chi connectivity index (χ3v) is 10.9. The molecule has 3 unspecified atom stereocenters. The lowest BCUT2D eigenvalue weighted by atomic mass is 9.98. The smallest absolute Gasteiger partial charge is 0.350 e. The van der Waals surface area contributed by atoms with Crippen molar-refractivity contribution in [3.63, 3.8) is 0 Å². The van der Waals surface area contributed by atoms with Crippen molar-refractivity contribution < 1.29 is 18.3 Å². The van der Waals surface area contributed by atoms with Crippen molar-refractivity contribution in [2.75, 3.05) is 51.3 Å². The molecule has 3 fully saturated rings. The summed E-state index contributed by atoms with van der Waals surface area (Å²) < 4.78 is 37.3. The van der Waals surface area contributed by atoms with Gasteiger partial charge in [-0.1, -0.05) is 18.2 Å². The highest BCUT2D eigenvalue weighted by atomic mass is 35.5. The first kappa shape index (κ1) is 32.0. The van der Waals surface area contributed by atoms with E-state index in [4.69, 9.17) is 16.3 Å². The van der Waals surface area contributed by atoms with Gasteiger partial charge in [0.05, 0.1) is 16.6 Å². The predicted octanol–water partition coefficient (Wildman–Crippen LogP) is 5.10. The molecule has 0 N–H and O–H groups in total. The van der Waals surface area contributed by atoms with Crippen molar-refractivity contribution in [3.05, 3.63) is 64.1 Å². The average Bonchev–Trinajstić information content (AvgIpc) is 3.27. The molecule has 3 aromatic rings. The molecule has 0 aliphatic carbocycles. The van der Waals surface area contributed by atoms with Gasteiger partial charge >= 0.3 is 5.69 Å². The number of anilines is 1. The van der Waals surface area contributed by atoms with Crippen LogP contribution in [-0.4, -0.2) is 101 Å². The average molecular weight is 667 g/mol. The Morgan fingerprint density at radius 1 is 1.11 bits per heavy atom. The zero-order valence-corrected chi connectivity index (χ0v) is 27.8. The van der Waals surface area contributed by atoms with Crippen molar-refractivity contribution in [1.29, 1.82) is 0 Å². The van der Waals surface area contributed by atoms with Gasteiger partial charge in [0.25, 0.3) is 0 Å². The van der Waals surface area contributed by atoms with Crippen LogP contribution >= 0.6 is 11.6 Å². The number of aromatic nitrogens is 2. The van der Waals surface area contributed by atoms with Gasteiger partial charge < -0.3 is 19.4 Å². The highest BCUT2D eigenvalue weighted by Crippen LogP contribution is 2.48. The molecule has 4 aliphatic heterocycles. The second-order valence-electron chi connectivity index (χ2n) is 13.7. The van der Waals surface area contributed by atoms with Gasteiger partial charge in [0.2, 0.25) is 5.91 Å². The summed E-state index contributed by atoms with van der Waals surface area (Å²) in [6.07, 6.45) is 5.35. The minimum atomic E-state index is -0.774. The van der Waals surface area contributed by atoms with Crippen LogP contribution in [0.3, 0.4) is 0 Å². The molecule has 2 bridgehead atoms. The van der Waals surface area contributed by atoms with Crippen molar-refractivity contribution in [3.8, 4) is 16.9 Å². The zero-order chi connectivity index (χ0) is 33.1. The first-order chi connectivity index (χ1) is 22.5. The standard InChI is InChI=1S/C35H41ClF2N6O3/c1-5-30(45)42-15-21(3)43(16-20(42)2)34-27-14-28(36)31(26-11-8-22(37)13-29(26)38)33-32(27)44(35(46)39-34)25(19-47-33)7-6-12-41-23-9-10-24(41)18-40(4)17-23/h5,8,11,13-14,20-21,23-25H,1,6-7,9-10,12,15-19H2,2-4H3/t20-,21+,23?,24?,25?/m1/s1. The topological polar surface area (TPSA) is 74.1 Å². The number of carbonyl (C=O) groups is 1. The number of rotatable bonds is 7. The maximum Gasteiger partial charge on any atom is 0.350 e. The SMILES string of the molecule is C=CC(=O)N1C[C@H](C)N(c2nc(=O)n3c4c(c(-c5ccc(F)cc5F)c(Cl)cc24)OCC3CCCN2C3CCC2CN(C)C3)C[C@H]1C. The maximum atomic E-state index is 15.2. The number of hydrogen-bond donors (Lipinski definition) is 0. The lowest BCUT2D eigenvalue weighted by molar-refractivity contribution is -0.128. The van der Waals surface area contributed by atoms with Gasteiger partial charge in [0.15, 0.2) is 5.75 Å². The van der Waals surface area contributed by atoms with Crippen molar-refractivity contribution in [1.82, 2.24) is 24.3 Å². The van der Waals surface area contributed by atoms with E-state index < -0.39 is 17.3 Å². The molecule has 0 saturated carbocycles.